The lowest BCUT2D eigenvalue weighted by Crippen LogP contribution is -2.32. The Morgan fingerprint density at radius 1 is 1.13 bits per heavy atom. The number of rotatable bonds is 8. The first-order chi connectivity index (χ1) is 14.9. The van der Waals surface area contributed by atoms with Crippen LogP contribution in [0.5, 0.6) is 11.5 Å². The average molecular weight is 425 g/mol. The fraction of sp³-hybridized carbons (Fsp3) is 0.348. The normalized spacial score (nSPS) is 18.0. The van der Waals surface area contributed by atoms with E-state index in [1.54, 1.807) is 42.6 Å². The molecule has 8 nitrogen and oxygen atoms in total. The van der Waals surface area contributed by atoms with Crippen LogP contribution < -0.4 is 9.47 Å². The van der Waals surface area contributed by atoms with Crippen LogP contribution in [0.1, 0.15) is 23.7 Å². The zero-order chi connectivity index (χ0) is 22.5. The molecule has 0 saturated carbocycles. The summed E-state index contributed by atoms with van der Waals surface area (Å²) in [6.45, 7) is 1.13. The number of benzene rings is 1. The smallest absolute Gasteiger partial charge is 0.295 e. The molecule has 1 atom stereocenters. The highest BCUT2D eigenvalue weighted by Gasteiger charge is 2.46. The number of carbonyl (C=O) groups excluding carboxylic acids is 2. The predicted molar refractivity (Wildman–Crippen MR) is 116 cm³/mol. The molecule has 8 heteroatoms. The molecule has 3 rings (SSSR count). The number of aliphatic hydroxyl groups excluding tert-OH is 1. The largest absolute Gasteiger partial charge is 0.507 e. The highest BCUT2D eigenvalue weighted by Crippen LogP contribution is 2.40. The Bertz CT molecular complexity index is 988. The quantitative estimate of drug-likeness (QED) is 0.395. The molecule has 1 aromatic heterocycles. The van der Waals surface area contributed by atoms with Crippen molar-refractivity contribution in [1.82, 2.24) is 14.8 Å². The van der Waals surface area contributed by atoms with Gasteiger partial charge in [0.05, 0.1) is 25.5 Å². The lowest BCUT2D eigenvalue weighted by molar-refractivity contribution is -0.140. The van der Waals surface area contributed by atoms with E-state index in [1.807, 2.05) is 19.0 Å². The van der Waals surface area contributed by atoms with Gasteiger partial charge in [-0.15, -0.1) is 0 Å². The van der Waals surface area contributed by atoms with Gasteiger partial charge < -0.3 is 24.4 Å². The van der Waals surface area contributed by atoms with Crippen LogP contribution in [0.3, 0.4) is 0 Å². The monoisotopic (exact) mass is 425 g/mol. The molecular formula is C23H27N3O5. The van der Waals surface area contributed by atoms with E-state index in [0.29, 0.717) is 35.7 Å². The van der Waals surface area contributed by atoms with Gasteiger partial charge >= 0.3 is 0 Å². The van der Waals surface area contributed by atoms with Gasteiger partial charge in [-0.2, -0.15) is 0 Å². The third kappa shape index (κ3) is 4.54. The number of aliphatic hydroxyl groups is 1. The number of amides is 1. The van der Waals surface area contributed by atoms with Gasteiger partial charge in [0.2, 0.25) is 0 Å². The second-order valence-electron chi connectivity index (χ2n) is 7.47. The van der Waals surface area contributed by atoms with Crippen LogP contribution in [-0.4, -0.2) is 73.0 Å². The van der Waals surface area contributed by atoms with Gasteiger partial charge in [0.1, 0.15) is 11.8 Å². The van der Waals surface area contributed by atoms with Crippen molar-refractivity contribution in [3.63, 3.8) is 0 Å². The first-order valence-electron chi connectivity index (χ1n) is 9.95. The van der Waals surface area contributed by atoms with Crippen LogP contribution in [0.15, 0.2) is 48.2 Å². The molecule has 0 aliphatic carbocycles. The number of aromatic nitrogens is 1. The van der Waals surface area contributed by atoms with E-state index in [-0.39, 0.29) is 11.3 Å². The summed E-state index contributed by atoms with van der Waals surface area (Å²) in [5.74, 6) is -0.750. The summed E-state index contributed by atoms with van der Waals surface area (Å²) in [5, 5.41) is 11.1. The van der Waals surface area contributed by atoms with Crippen LogP contribution >= 0.6 is 0 Å². The summed E-state index contributed by atoms with van der Waals surface area (Å²) in [4.78, 5) is 33.7. The second kappa shape index (κ2) is 9.61. The summed E-state index contributed by atoms with van der Waals surface area (Å²) >= 11 is 0. The minimum Gasteiger partial charge on any atom is -0.507 e. The third-order valence-corrected chi connectivity index (χ3v) is 5.17. The van der Waals surface area contributed by atoms with Crippen LogP contribution in [-0.2, 0) is 9.59 Å². The van der Waals surface area contributed by atoms with Gasteiger partial charge in [0.25, 0.3) is 11.7 Å². The summed E-state index contributed by atoms with van der Waals surface area (Å²) in [6, 6.07) is 9.36. The lowest BCUT2D eigenvalue weighted by Gasteiger charge is -2.25. The maximum atomic E-state index is 13.0. The zero-order valence-corrected chi connectivity index (χ0v) is 18.2. The first-order valence-corrected chi connectivity index (χ1v) is 9.95. The van der Waals surface area contributed by atoms with Gasteiger partial charge in [-0.3, -0.25) is 14.6 Å². The first kappa shape index (κ1) is 22.3. The van der Waals surface area contributed by atoms with Crippen LogP contribution in [0.2, 0.25) is 0 Å². The Hall–Kier alpha value is -3.39. The van der Waals surface area contributed by atoms with Crippen LogP contribution in [0.4, 0.5) is 0 Å². The van der Waals surface area contributed by atoms with Crippen molar-refractivity contribution >= 4 is 17.4 Å². The van der Waals surface area contributed by atoms with Gasteiger partial charge in [-0.25, -0.2) is 0 Å². The number of carbonyl (C=O) groups is 2. The minimum absolute atomic E-state index is 0.0146. The van der Waals surface area contributed by atoms with E-state index in [0.717, 1.165) is 6.54 Å². The molecule has 0 radical (unpaired) electrons. The van der Waals surface area contributed by atoms with Gasteiger partial charge in [0, 0.05) is 18.3 Å². The van der Waals surface area contributed by atoms with Crippen molar-refractivity contribution in [2.75, 3.05) is 41.4 Å². The maximum absolute atomic E-state index is 13.0. The third-order valence-electron chi connectivity index (χ3n) is 5.17. The summed E-state index contributed by atoms with van der Waals surface area (Å²) in [6.07, 6.45) is 2.28. The van der Waals surface area contributed by atoms with E-state index < -0.39 is 17.7 Å². The predicted octanol–water partition coefficient (Wildman–Crippen LogP) is 2.47. The number of hydrogen-bond donors (Lipinski definition) is 1. The number of likely N-dealkylation sites (tertiary alicyclic amines) is 1. The van der Waals surface area contributed by atoms with Crippen molar-refractivity contribution < 1.29 is 24.2 Å². The molecule has 0 spiro atoms. The molecule has 2 heterocycles. The van der Waals surface area contributed by atoms with E-state index in [9.17, 15) is 14.7 Å². The van der Waals surface area contributed by atoms with Crippen LogP contribution in [0, 0.1) is 0 Å². The number of ether oxygens (including phenoxy) is 2. The van der Waals surface area contributed by atoms with Crippen molar-refractivity contribution in [2.24, 2.45) is 0 Å². The van der Waals surface area contributed by atoms with E-state index >= 15 is 0 Å². The number of hydrogen-bond acceptors (Lipinski definition) is 7. The number of nitrogens with zero attached hydrogens (tertiary/aromatic N) is 3. The van der Waals surface area contributed by atoms with E-state index in [4.69, 9.17) is 9.47 Å². The highest BCUT2D eigenvalue weighted by atomic mass is 16.5. The number of Topliss-reactive ketones (excluding diaryl/α,β-unsaturated/α-hetero) is 1. The van der Waals surface area contributed by atoms with Crippen LogP contribution in [0.25, 0.3) is 5.76 Å². The molecule has 164 valence electrons. The molecule has 1 aliphatic rings. The van der Waals surface area contributed by atoms with E-state index in [2.05, 4.69) is 4.98 Å². The zero-order valence-electron chi connectivity index (χ0n) is 18.2. The number of pyridine rings is 1. The Kier molecular flexibility index (Phi) is 6.91. The van der Waals surface area contributed by atoms with Gasteiger partial charge in [-0.1, -0.05) is 6.07 Å². The number of methoxy groups -OCH3 is 2. The topological polar surface area (TPSA) is 92.2 Å². The van der Waals surface area contributed by atoms with Crippen molar-refractivity contribution in [3.8, 4) is 11.5 Å². The Morgan fingerprint density at radius 2 is 1.87 bits per heavy atom. The average Bonchev–Trinajstić information content (AvgIpc) is 3.03. The minimum atomic E-state index is -0.767. The molecule has 31 heavy (non-hydrogen) atoms. The molecule has 1 aromatic carbocycles. The summed E-state index contributed by atoms with van der Waals surface area (Å²) in [5.41, 5.74) is 0.888. The molecule has 0 bridgehead atoms. The number of ketones is 1. The Balaban J connectivity index is 2.09. The van der Waals surface area contributed by atoms with Gasteiger partial charge in [0.15, 0.2) is 11.5 Å². The molecule has 1 N–H and O–H groups in total. The molecular weight excluding hydrogens is 398 g/mol. The van der Waals surface area contributed by atoms with E-state index in [1.165, 1.54) is 19.1 Å². The Labute approximate surface area is 181 Å². The summed E-state index contributed by atoms with van der Waals surface area (Å²) < 4.78 is 10.5. The van der Waals surface area contributed by atoms with Crippen molar-refractivity contribution in [1.29, 1.82) is 0 Å². The fourth-order valence-corrected chi connectivity index (χ4v) is 3.65. The molecule has 1 saturated heterocycles. The second-order valence-corrected chi connectivity index (χ2v) is 7.47. The highest BCUT2D eigenvalue weighted by molar-refractivity contribution is 6.46. The molecule has 1 aliphatic heterocycles. The fourth-order valence-electron chi connectivity index (χ4n) is 3.65. The van der Waals surface area contributed by atoms with Gasteiger partial charge in [-0.05, 0) is 57.4 Å². The molecule has 1 amide bonds. The standard InChI is InChI=1S/C23H27N3O5/c1-25(2)12-7-13-26-20(16-8-5-6-11-24-16)19(22(28)23(26)29)21(27)15-9-10-17(30-3)18(14-15)31-4/h5-6,8-11,14,20,27H,7,12-13H2,1-4H3/t20-/m1/s1. The lowest BCUT2D eigenvalue weighted by atomic mass is 9.98. The SMILES string of the molecule is COc1ccc(C(O)=C2C(=O)C(=O)N(CCCN(C)C)[C@@H]2c2ccccn2)cc1OC. The Morgan fingerprint density at radius 3 is 2.48 bits per heavy atom. The molecule has 0 unspecified atom stereocenters. The molecule has 2 aromatic rings. The van der Waals surface area contributed by atoms with Crippen molar-refractivity contribution in [2.45, 2.75) is 12.5 Å². The van der Waals surface area contributed by atoms with Crippen molar-refractivity contribution in [3.05, 3.63) is 59.4 Å². The molecule has 1 fully saturated rings. The summed E-state index contributed by atoms with van der Waals surface area (Å²) in [7, 11) is 6.89. The maximum Gasteiger partial charge on any atom is 0.295 e.